The van der Waals surface area contributed by atoms with Gasteiger partial charge < -0.3 is 9.47 Å². The molecule has 0 aliphatic heterocycles. The summed E-state index contributed by atoms with van der Waals surface area (Å²) in [6, 6.07) is 4.30. The fourth-order valence-corrected chi connectivity index (χ4v) is 1.19. The van der Waals surface area contributed by atoms with Gasteiger partial charge in [0.2, 0.25) is 0 Å². The highest BCUT2D eigenvalue weighted by Gasteiger charge is 2.16. The van der Waals surface area contributed by atoms with Gasteiger partial charge in [0.25, 0.3) is 0 Å². The van der Waals surface area contributed by atoms with Gasteiger partial charge in [0, 0.05) is 6.42 Å². The molecule has 6 nitrogen and oxygen atoms in total. The standard InChI is InChI=1S/C11H13NO5/c1-8(13)5-6-17-11-4-3-9(16-2)7-10(11)12(14)15/h3-4,7H,5-6H2,1-2H3. The summed E-state index contributed by atoms with van der Waals surface area (Å²) >= 11 is 0. The Morgan fingerprint density at radius 2 is 2.18 bits per heavy atom. The Kier molecular flexibility index (Phi) is 4.45. The van der Waals surface area contributed by atoms with Crippen molar-refractivity contribution in [1.29, 1.82) is 0 Å². The van der Waals surface area contributed by atoms with Crippen LogP contribution in [0.25, 0.3) is 0 Å². The van der Waals surface area contributed by atoms with Crippen LogP contribution in [0.15, 0.2) is 18.2 Å². The Morgan fingerprint density at radius 1 is 1.47 bits per heavy atom. The molecule has 92 valence electrons. The van der Waals surface area contributed by atoms with Gasteiger partial charge >= 0.3 is 5.69 Å². The number of methoxy groups -OCH3 is 1. The molecule has 0 N–H and O–H groups in total. The van der Waals surface area contributed by atoms with Gasteiger partial charge in [-0.25, -0.2) is 0 Å². The molecule has 0 heterocycles. The molecule has 0 saturated heterocycles. The van der Waals surface area contributed by atoms with E-state index in [4.69, 9.17) is 9.47 Å². The highest BCUT2D eigenvalue weighted by Crippen LogP contribution is 2.30. The fourth-order valence-electron chi connectivity index (χ4n) is 1.19. The van der Waals surface area contributed by atoms with E-state index in [1.54, 1.807) is 6.07 Å². The second-order valence-corrected chi connectivity index (χ2v) is 3.39. The SMILES string of the molecule is COc1ccc(OCCC(C)=O)c([N+](=O)[O-])c1. The van der Waals surface area contributed by atoms with Gasteiger partial charge in [-0.2, -0.15) is 0 Å². The third-order valence-corrected chi connectivity index (χ3v) is 2.07. The Balaban J connectivity index is 2.83. The molecule has 0 radical (unpaired) electrons. The van der Waals surface area contributed by atoms with Crippen molar-refractivity contribution < 1.29 is 19.2 Å². The lowest BCUT2D eigenvalue weighted by atomic mass is 10.2. The maximum atomic E-state index is 10.8. The van der Waals surface area contributed by atoms with Gasteiger partial charge in [-0.3, -0.25) is 14.9 Å². The molecule has 6 heteroatoms. The Labute approximate surface area is 98.3 Å². The number of nitro groups is 1. The average molecular weight is 239 g/mol. The monoisotopic (exact) mass is 239 g/mol. The summed E-state index contributed by atoms with van der Waals surface area (Å²) < 4.78 is 10.1. The number of Topliss-reactive ketones (excluding diaryl/α,β-unsaturated/α-hetero) is 1. The number of hydrogen-bond donors (Lipinski definition) is 0. The lowest BCUT2D eigenvalue weighted by Crippen LogP contribution is -2.04. The maximum absolute atomic E-state index is 10.8. The van der Waals surface area contributed by atoms with Crippen LogP contribution in [0, 0.1) is 10.1 Å². The van der Waals surface area contributed by atoms with E-state index in [9.17, 15) is 14.9 Å². The summed E-state index contributed by atoms with van der Waals surface area (Å²) in [5.74, 6) is 0.494. The molecule has 1 aromatic rings. The molecule has 1 rings (SSSR count). The van der Waals surface area contributed by atoms with Crippen LogP contribution >= 0.6 is 0 Å². The number of carbonyl (C=O) groups excluding carboxylic acids is 1. The topological polar surface area (TPSA) is 78.7 Å². The van der Waals surface area contributed by atoms with E-state index >= 15 is 0 Å². The zero-order valence-electron chi connectivity index (χ0n) is 9.63. The van der Waals surface area contributed by atoms with Gasteiger partial charge in [-0.05, 0) is 19.1 Å². The molecular formula is C11H13NO5. The van der Waals surface area contributed by atoms with Crippen LogP contribution in [-0.4, -0.2) is 24.4 Å². The zero-order chi connectivity index (χ0) is 12.8. The normalized spacial score (nSPS) is 9.76. The first-order valence-corrected chi connectivity index (χ1v) is 4.99. The van der Waals surface area contributed by atoms with Gasteiger partial charge in [0.15, 0.2) is 5.75 Å². The third kappa shape index (κ3) is 3.75. The summed E-state index contributed by atoms with van der Waals surface area (Å²) in [5, 5.41) is 10.8. The van der Waals surface area contributed by atoms with Crippen LogP contribution in [0.1, 0.15) is 13.3 Å². The maximum Gasteiger partial charge on any atom is 0.314 e. The lowest BCUT2D eigenvalue weighted by Gasteiger charge is -2.06. The van der Waals surface area contributed by atoms with Gasteiger partial charge in [-0.15, -0.1) is 0 Å². The molecule has 0 amide bonds. The number of nitro benzene ring substituents is 1. The highest BCUT2D eigenvalue weighted by molar-refractivity contribution is 5.75. The van der Waals surface area contributed by atoms with E-state index in [1.807, 2.05) is 0 Å². The summed E-state index contributed by atoms with van der Waals surface area (Å²) in [4.78, 5) is 21.0. The Hall–Kier alpha value is -2.11. The van der Waals surface area contributed by atoms with E-state index in [1.165, 1.54) is 26.2 Å². The predicted octanol–water partition coefficient (Wildman–Crippen LogP) is 1.96. The molecular weight excluding hydrogens is 226 g/mol. The van der Waals surface area contributed by atoms with Crippen molar-refractivity contribution >= 4 is 11.5 Å². The first kappa shape index (κ1) is 13.0. The summed E-state index contributed by atoms with van der Waals surface area (Å²) in [7, 11) is 1.43. The van der Waals surface area contributed by atoms with Crippen molar-refractivity contribution in [1.82, 2.24) is 0 Å². The van der Waals surface area contributed by atoms with E-state index < -0.39 is 4.92 Å². The minimum Gasteiger partial charge on any atom is -0.496 e. The predicted molar refractivity (Wildman–Crippen MR) is 60.4 cm³/mol. The molecule has 17 heavy (non-hydrogen) atoms. The first-order chi connectivity index (χ1) is 8.04. The number of rotatable bonds is 6. The Morgan fingerprint density at radius 3 is 2.71 bits per heavy atom. The van der Waals surface area contributed by atoms with E-state index in [2.05, 4.69) is 0 Å². The summed E-state index contributed by atoms with van der Waals surface area (Å²) in [6.07, 6.45) is 0.225. The molecule has 0 atom stereocenters. The lowest BCUT2D eigenvalue weighted by molar-refractivity contribution is -0.385. The molecule has 0 bridgehead atoms. The van der Waals surface area contributed by atoms with Gasteiger partial charge in [-0.1, -0.05) is 0 Å². The molecule has 0 aromatic heterocycles. The van der Waals surface area contributed by atoms with Crippen LogP contribution in [0.4, 0.5) is 5.69 Å². The van der Waals surface area contributed by atoms with E-state index in [0.717, 1.165) is 0 Å². The van der Waals surface area contributed by atoms with Crippen molar-refractivity contribution in [3.8, 4) is 11.5 Å². The first-order valence-electron chi connectivity index (χ1n) is 4.99. The van der Waals surface area contributed by atoms with Crippen molar-refractivity contribution in [3.05, 3.63) is 28.3 Å². The number of nitrogens with zero attached hydrogens (tertiary/aromatic N) is 1. The second kappa shape index (κ2) is 5.83. The number of ether oxygens (including phenoxy) is 2. The van der Waals surface area contributed by atoms with Crippen molar-refractivity contribution in [2.45, 2.75) is 13.3 Å². The molecule has 0 spiro atoms. The summed E-state index contributed by atoms with van der Waals surface area (Å²) in [6.45, 7) is 1.56. The minimum absolute atomic E-state index is 0.0267. The smallest absolute Gasteiger partial charge is 0.314 e. The highest BCUT2D eigenvalue weighted by atomic mass is 16.6. The third-order valence-electron chi connectivity index (χ3n) is 2.07. The van der Waals surface area contributed by atoms with Crippen molar-refractivity contribution in [3.63, 3.8) is 0 Å². The molecule has 0 fully saturated rings. The van der Waals surface area contributed by atoms with Crippen LogP contribution in [0.3, 0.4) is 0 Å². The van der Waals surface area contributed by atoms with Crippen molar-refractivity contribution in [2.75, 3.05) is 13.7 Å². The molecule has 1 aromatic carbocycles. The fraction of sp³-hybridized carbons (Fsp3) is 0.364. The molecule has 0 unspecified atom stereocenters. The van der Waals surface area contributed by atoms with Gasteiger partial charge in [0.05, 0.1) is 24.7 Å². The Bertz CT molecular complexity index is 430. The van der Waals surface area contributed by atoms with Gasteiger partial charge in [0.1, 0.15) is 11.5 Å². The molecule has 0 aliphatic rings. The molecule has 0 saturated carbocycles. The van der Waals surface area contributed by atoms with Crippen LogP contribution in [-0.2, 0) is 4.79 Å². The summed E-state index contributed by atoms with van der Waals surface area (Å²) in [5.41, 5.74) is -0.173. The quantitative estimate of drug-likeness (QED) is 0.560. The van der Waals surface area contributed by atoms with E-state index in [-0.39, 0.29) is 30.2 Å². The number of ketones is 1. The molecule has 0 aliphatic carbocycles. The van der Waals surface area contributed by atoms with Crippen LogP contribution in [0.2, 0.25) is 0 Å². The van der Waals surface area contributed by atoms with Crippen molar-refractivity contribution in [2.24, 2.45) is 0 Å². The number of carbonyl (C=O) groups is 1. The number of benzene rings is 1. The second-order valence-electron chi connectivity index (χ2n) is 3.39. The average Bonchev–Trinajstić information content (AvgIpc) is 2.28. The zero-order valence-corrected chi connectivity index (χ0v) is 9.63. The number of hydrogen-bond acceptors (Lipinski definition) is 5. The largest absolute Gasteiger partial charge is 0.496 e. The van der Waals surface area contributed by atoms with Crippen LogP contribution < -0.4 is 9.47 Å². The minimum atomic E-state index is -0.550. The van der Waals surface area contributed by atoms with E-state index in [0.29, 0.717) is 5.75 Å². The van der Waals surface area contributed by atoms with Crippen LogP contribution in [0.5, 0.6) is 11.5 Å².